The second-order valence-corrected chi connectivity index (χ2v) is 12.8. The third-order valence-corrected chi connectivity index (χ3v) is 11.9. The number of hydrogen-bond acceptors (Lipinski definition) is 4. The number of thiophene rings is 4. The lowest BCUT2D eigenvalue weighted by Gasteiger charge is -2.01. The van der Waals surface area contributed by atoms with Gasteiger partial charge in [0.15, 0.2) is 0 Å². The van der Waals surface area contributed by atoms with Crippen molar-refractivity contribution in [2.24, 2.45) is 0 Å². The zero-order valence-corrected chi connectivity index (χ0v) is 21.1. The lowest BCUT2D eigenvalue weighted by atomic mass is 10.1. The van der Waals surface area contributed by atoms with Crippen LogP contribution in [0.5, 0.6) is 0 Å². The minimum Gasteiger partial charge on any atom is -0.133 e. The molecule has 0 saturated carbocycles. The van der Waals surface area contributed by atoms with Crippen LogP contribution in [0.15, 0.2) is 97.1 Å². The van der Waals surface area contributed by atoms with Crippen LogP contribution in [0.1, 0.15) is 0 Å². The van der Waals surface area contributed by atoms with Crippen LogP contribution >= 0.6 is 45.3 Å². The van der Waals surface area contributed by atoms with Crippen molar-refractivity contribution in [2.75, 3.05) is 0 Å². The Morgan fingerprint density at radius 3 is 1.26 bits per heavy atom. The fourth-order valence-corrected chi connectivity index (χ4v) is 10.4. The highest BCUT2D eigenvalue weighted by atomic mass is 32.1. The van der Waals surface area contributed by atoms with Gasteiger partial charge >= 0.3 is 0 Å². The van der Waals surface area contributed by atoms with Crippen molar-refractivity contribution in [3.05, 3.63) is 97.1 Å². The van der Waals surface area contributed by atoms with Crippen molar-refractivity contribution in [1.29, 1.82) is 0 Å². The predicted molar refractivity (Wildman–Crippen MR) is 156 cm³/mol. The normalized spacial score (nSPS) is 12.1. The van der Waals surface area contributed by atoms with E-state index in [4.69, 9.17) is 0 Å². The van der Waals surface area contributed by atoms with Crippen LogP contribution < -0.4 is 0 Å². The smallest absolute Gasteiger partial charge is 0.0650 e. The molecular weight excluding hydrogens is 489 g/mol. The van der Waals surface area contributed by atoms with Gasteiger partial charge in [0.25, 0.3) is 0 Å². The third-order valence-electron chi connectivity index (χ3n) is 6.51. The van der Waals surface area contributed by atoms with Crippen LogP contribution in [0.25, 0.3) is 70.6 Å². The Hall–Kier alpha value is -3.02. The molecule has 0 unspecified atom stereocenters. The van der Waals surface area contributed by atoms with E-state index >= 15 is 0 Å². The van der Waals surface area contributed by atoms with E-state index in [1.165, 1.54) is 70.6 Å². The molecule has 4 aromatic carbocycles. The van der Waals surface area contributed by atoms with Crippen LogP contribution in [0.4, 0.5) is 0 Å². The van der Waals surface area contributed by atoms with E-state index in [2.05, 4.69) is 97.1 Å². The summed E-state index contributed by atoms with van der Waals surface area (Å²) >= 11 is 7.80. The first kappa shape index (κ1) is 19.3. The van der Waals surface area contributed by atoms with Gasteiger partial charge in [0.05, 0.1) is 18.8 Å². The Morgan fingerprint density at radius 1 is 0.353 bits per heavy atom. The van der Waals surface area contributed by atoms with Crippen molar-refractivity contribution in [1.82, 2.24) is 0 Å². The van der Waals surface area contributed by atoms with Crippen LogP contribution in [0.2, 0.25) is 0 Å². The third kappa shape index (κ3) is 2.87. The van der Waals surface area contributed by atoms with Gasteiger partial charge in [-0.15, -0.1) is 45.3 Å². The minimum atomic E-state index is 1.30. The van der Waals surface area contributed by atoms with E-state index in [0.29, 0.717) is 0 Å². The van der Waals surface area contributed by atoms with E-state index in [-0.39, 0.29) is 0 Å². The first-order valence-corrected chi connectivity index (χ1v) is 14.4. The Morgan fingerprint density at radius 2 is 0.794 bits per heavy atom. The summed E-state index contributed by atoms with van der Waals surface area (Å²) in [6.45, 7) is 0. The maximum absolute atomic E-state index is 2.39. The van der Waals surface area contributed by atoms with Crippen molar-refractivity contribution >= 4 is 95.1 Å². The molecule has 160 valence electrons. The highest BCUT2D eigenvalue weighted by Gasteiger charge is 2.18. The summed E-state index contributed by atoms with van der Waals surface area (Å²) in [6, 6.07) is 35.7. The summed E-state index contributed by atoms with van der Waals surface area (Å²) in [6.07, 6.45) is 0. The Bertz CT molecular complexity index is 1880. The quantitative estimate of drug-likeness (QED) is 0.220. The van der Waals surface area contributed by atoms with E-state index in [9.17, 15) is 0 Å². The minimum absolute atomic E-state index is 1.30. The maximum atomic E-state index is 2.39. The van der Waals surface area contributed by atoms with Gasteiger partial charge in [0.2, 0.25) is 0 Å². The molecule has 0 N–H and O–H groups in total. The van der Waals surface area contributed by atoms with Crippen molar-refractivity contribution in [2.45, 2.75) is 0 Å². The Balaban J connectivity index is 1.24. The van der Waals surface area contributed by atoms with Gasteiger partial charge in [-0.1, -0.05) is 72.8 Å². The van der Waals surface area contributed by atoms with Crippen LogP contribution in [-0.2, 0) is 0 Å². The van der Waals surface area contributed by atoms with Gasteiger partial charge in [-0.05, 0) is 56.9 Å². The molecule has 8 rings (SSSR count). The van der Waals surface area contributed by atoms with E-state index in [1.54, 1.807) is 0 Å². The van der Waals surface area contributed by atoms with Gasteiger partial charge in [-0.2, -0.15) is 0 Å². The van der Waals surface area contributed by atoms with Crippen LogP contribution in [0.3, 0.4) is 0 Å². The average molecular weight is 505 g/mol. The van der Waals surface area contributed by atoms with Gasteiger partial charge < -0.3 is 0 Å². The molecule has 0 fully saturated rings. The fourth-order valence-electron chi connectivity index (χ4n) is 4.80. The average Bonchev–Trinajstić information content (AvgIpc) is 3.62. The molecule has 0 saturated heterocycles. The summed E-state index contributed by atoms with van der Waals surface area (Å²) in [5.74, 6) is 0. The molecule has 0 spiro atoms. The summed E-state index contributed by atoms with van der Waals surface area (Å²) < 4.78 is 8.65. The topological polar surface area (TPSA) is 0 Å². The van der Waals surface area contributed by atoms with E-state index in [0.717, 1.165) is 0 Å². The molecule has 8 aromatic rings. The second-order valence-electron chi connectivity index (χ2n) is 8.59. The zero-order chi connectivity index (χ0) is 22.2. The molecule has 0 amide bonds. The first-order chi connectivity index (χ1) is 16.8. The van der Waals surface area contributed by atoms with Crippen LogP contribution in [0, 0.1) is 0 Å². The monoisotopic (exact) mass is 504 g/mol. The first-order valence-electron chi connectivity index (χ1n) is 11.2. The lowest BCUT2D eigenvalue weighted by molar-refractivity contribution is 1.74. The summed E-state index contributed by atoms with van der Waals surface area (Å²) in [5, 5.41) is 5.21. The molecule has 0 bridgehead atoms. The van der Waals surface area contributed by atoms with E-state index in [1.807, 2.05) is 45.3 Å². The lowest BCUT2D eigenvalue weighted by Crippen LogP contribution is -1.74. The summed E-state index contributed by atoms with van der Waals surface area (Å²) in [5.41, 5.74) is 2.63. The van der Waals surface area contributed by atoms with E-state index < -0.39 is 0 Å². The van der Waals surface area contributed by atoms with Gasteiger partial charge in [0.1, 0.15) is 0 Å². The molecule has 0 radical (unpaired) electrons. The van der Waals surface area contributed by atoms with Crippen molar-refractivity contribution < 1.29 is 0 Å². The molecule has 4 aromatic heterocycles. The van der Waals surface area contributed by atoms with Gasteiger partial charge in [-0.3, -0.25) is 0 Å². The number of benzene rings is 4. The molecule has 34 heavy (non-hydrogen) atoms. The highest BCUT2D eigenvalue weighted by molar-refractivity contribution is 7.45. The number of fused-ring (bicyclic) bond motifs is 7. The molecule has 4 heterocycles. The zero-order valence-electron chi connectivity index (χ0n) is 17.9. The highest BCUT2D eigenvalue weighted by Crippen LogP contribution is 2.52. The van der Waals surface area contributed by atoms with Crippen LogP contribution in [-0.4, -0.2) is 0 Å². The van der Waals surface area contributed by atoms with Crippen molar-refractivity contribution in [3.63, 3.8) is 0 Å². The maximum Gasteiger partial charge on any atom is 0.0650 e. The number of hydrogen-bond donors (Lipinski definition) is 0. The van der Waals surface area contributed by atoms with Crippen molar-refractivity contribution in [3.8, 4) is 20.9 Å². The standard InChI is InChI=1S/C30H16S4/c1-3-7-19-13-21(11-9-17(19)5-1)23-15-25-27(31-23)29-30(33-25)28-26(34-29)16-24(32-28)22-12-10-18-6-2-4-8-20(18)14-22/h1-16H. The SMILES string of the molecule is c1ccc2cc(-c3cc4sc5c6sc(-c7ccc8ccccc8c7)cc6sc5c4s3)ccc2c1. The second kappa shape index (κ2) is 7.24. The predicted octanol–water partition coefficient (Wildman–Crippen LogP) is 11.0. The summed E-state index contributed by atoms with van der Waals surface area (Å²) in [7, 11) is 0. The molecule has 0 aliphatic carbocycles. The Labute approximate surface area is 212 Å². The van der Waals surface area contributed by atoms with Gasteiger partial charge in [-0.25, -0.2) is 0 Å². The Kier molecular flexibility index (Phi) is 4.11. The molecule has 4 heteroatoms. The molecule has 0 nitrogen and oxygen atoms in total. The molecule has 0 aliphatic heterocycles. The van der Waals surface area contributed by atoms with Gasteiger partial charge in [0, 0.05) is 19.2 Å². The summed E-state index contributed by atoms with van der Waals surface area (Å²) in [4.78, 5) is 2.73. The fraction of sp³-hybridized carbons (Fsp3) is 0. The molecule has 0 aliphatic rings. The molecular formula is C30H16S4. The number of rotatable bonds is 2. The molecule has 0 atom stereocenters. The largest absolute Gasteiger partial charge is 0.133 e.